The maximum absolute atomic E-state index is 13.8. The second kappa shape index (κ2) is 9.12. The average molecular weight is 522 g/mol. The fraction of sp³-hybridized carbons (Fsp3) is 0.862. The summed E-state index contributed by atoms with van der Waals surface area (Å²) in [5.41, 5.74) is -7.17. The summed E-state index contributed by atoms with van der Waals surface area (Å²) in [5, 5.41) is 35.8. The molecule has 0 bridgehead atoms. The van der Waals surface area contributed by atoms with Crippen LogP contribution in [0.15, 0.2) is 12.7 Å². The first-order chi connectivity index (χ1) is 17.0. The highest BCUT2D eigenvalue weighted by Crippen LogP contribution is 2.67. The number of aliphatic hydroxyl groups is 3. The molecule has 3 N–H and O–H groups in total. The molecule has 0 radical (unpaired) electrons. The smallest absolute Gasteiger partial charge is 0.320 e. The first-order valence-electron chi connectivity index (χ1n) is 13.9. The van der Waals surface area contributed by atoms with Crippen molar-refractivity contribution in [1.82, 2.24) is 4.90 Å². The van der Waals surface area contributed by atoms with Crippen molar-refractivity contribution in [2.24, 2.45) is 16.7 Å². The largest absolute Gasteiger partial charge is 0.458 e. The van der Waals surface area contributed by atoms with Crippen LogP contribution in [-0.4, -0.2) is 85.7 Å². The standard InChI is InChI=1S/C29H47NO7/c1-9-26(6)15-20(32)29(35)27(7)19(31)13-14-25(4,5)23(27)22(24(34)28(29,8)37-26)36-21(33)16-30-17(2)11-10-12-18(30)3/h9,17-19,22-24,31,34-35H,1,10-16H2,2-8H3/t17?,18?,19-,22?,23?,24?,26-,27?,28+,29-/m0/s1. The number of ether oxygens (including phenoxy) is 2. The Morgan fingerprint density at radius 2 is 1.73 bits per heavy atom. The van der Waals surface area contributed by atoms with Crippen LogP contribution in [0.4, 0.5) is 0 Å². The topological polar surface area (TPSA) is 117 Å². The second-order valence-electron chi connectivity index (χ2n) is 13.5. The minimum absolute atomic E-state index is 0.0864. The number of ketones is 1. The molecule has 4 rings (SSSR count). The highest BCUT2D eigenvalue weighted by molar-refractivity contribution is 5.92. The summed E-state index contributed by atoms with van der Waals surface area (Å²) in [6, 6.07) is 0.474. The molecule has 6 unspecified atom stereocenters. The van der Waals surface area contributed by atoms with Gasteiger partial charge in [0.25, 0.3) is 0 Å². The highest BCUT2D eigenvalue weighted by atomic mass is 16.6. The van der Waals surface area contributed by atoms with Crippen molar-refractivity contribution < 1.29 is 34.4 Å². The van der Waals surface area contributed by atoms with Gasteiger partial charge < -0.3 is 24.8 Å². The third-order valence-corrected chi connectivity index (χ3v) is 10.7. The Morgan fingerprint density at radius 3 is 2.30 bits per heavy atom. The van der Waals surface area contributed by atoms with Crippen LogP contribution in [0.1, 0.15) is 87.0 Å². The van der Waals surface area contributed by atoms with E-state index in [4.69, 9.17) is 9.47 Å². The Kier molecular flexibility index (Phi) is 7.07. The highest BCUT2D eigenvalue weighted by Gasteiger charge is 2.81. The van der Waals surface area contributed by atoms with Gasteiger partial charge in [0.15, 0.2) is 11.4 Å². The number of Topliss-reactive ketones (excluding diaryl/α,β-unsaturated/α-hetero) is 1. The van der Waals surface area contributed by atoms with E-state index in [-0.39, 0.29) is 25.0 Å². The van der Waals surface area contributed by atoms with Crippen LogP contribution in [0.3, 0.4) is 0 Å². The number of aliphatic hydroxyl groups excluding tert-OH is 2. The van der Waals surface area contributed by atoms with Gasteiger partial charge in [-0.25, -0.2) is 0 Å². The van der Waals surface area contributed by atoms with Gasteiger partial charge in [0.05, 0.1) is 18.2 Å². The van der Waals surface area contributed by atoms with Crippen LogP contribution in [0, 0.1) is 16.7 Å². The van der Waals surface area contributed by atoms with Gasteiger partial charge in [-0.05, 0) is 58.8 Å². The molecule has 4 fully saturated rings. The molecule has 2 aliphatic carbocycles. The molecular weight excluding hydrogens is 474 g/mol. The van der Waals surface area contributed by atoms with Crippen LogP contribution >= 0.6 is 0 Å². The summed E-state index contributed by atoms with van der Waals surface area (Å²) in [6.07, 6.45) is 1.77. The number of nitrogens with zero attached hydrogens (tertiary/aromatic N) is 1. The van der Waals surface area contributed by atoms with E-state index >= 15 is 0 Å². The van der Waals surface area contributed by atoms with Crippen LogP contribution < -0.4 is 0 Å². The van der Waals surface area contributed by atoms with Crippen molar-refractivity contribution in [3.63, 3.8) is 0 Å². The quantitative estimate of drug-likeness (QED) is 0.382. The number of rotatable bonds is 4. The van der Waals surface area contributed by atoms with Crippen molar-refractivity contribution in [1.29, 1.82) is 0 Å². The Hall–Kier alpha value is -1.32. The molecule has 210 valence electrons. The number of hydrogen-bond donors (Lipinski definition) is 3. The minimum Gasteiger partial charge on any atom is -0.458 e. The van der Waals surface area contributed by atoms with Crippen molar-refractivity contribution in [3.05, 3.63) is 12.7 Å². The van der Waals surface area contributed by atoms with Crippen LogP contribution in [-0.2, 0) is 19.1 Å². The Bertz CT molecular complexity index is 943. The molecule has 10 atom stereocenters. The zero-order chi connectivity index (χ0) is 27.8. The summed E-state index contributed by atoms with van der Waals surface area (Å²) in [6.45, 7) is 17.0. The summed E-state index contributed by atoms with van der Waals surface area (Å²) in [4.78, 5) is 29.4. The lowest BCUT2D eigenvalue weighted by Crippen LogP contribution is -2.86. The van der Waals surface area contributed by atoms with Gasteiger partial charge in [-0.3, -0.25) is 14.5 Å². The molecule has 0 spiro atoms. The van der Waals surface area contributed by atoms with E-state index in [0.717, 1.165) is 19.3 Å². The lowest BCUT2D eigenvalue weighted by atomic mass is 9.40. The van der Waals surface area contributed by atoms with Gasteiger partial charge >= 0.3 is 5.97 Å². The molecule has 2 heterocycles. The van der Waals surface area contributed by atoms with Crippen molar-refractivity contribution in [2.45, 2.75) is 134 Å². The Labute approximate surface area is 221 Å². The van der Waals surface area contributed by atoms with Crippen LogP contribution in [0.5, 0.6) is 0 Å². The Morgan fingerprint density at radius 1 is 1.14 bits per heavy atom. The van der Waals surface area contributed by atoms with E-state index in [1.165, 1.54) is 13.0 Å². The van der Waals surface area contributed by atoms with E-state index in [1.807, 2.05) is 13.8 Å². The molecule has 2 saturated carbocycles. The van der Waals surface area contributed by atoms with Gasteiger partial charge in [0, 0.05) is 29.8 Å². The number of hydrogen-bond acceptors (Lipinski definition) is 8. The molecule has 2 aliphatic heterocycles. The predicted molar refractivity (Wildman–Crippen MR) is 139 cm³/mol. The third-order valence-electron chi connectivity index (χ3n) is 10.7. The maximum atomic E-state index is 13.8. The zero-order valence-electron chi connectivity index (χ0n) is 23.6. The van der Waals surface area contributed by atoms with Gasteiger partial charge in [-0.1, -0.05) is 33.3 Å². The molecule has 0 amide bonds. The average Bonchev–Trinajstić information content (AvgIpc) is 2.80. The van der Waals surface area contributed by atoms with Crippen molar-refractivity contribution in [2.75, 3.05) is 6.54 Å². The Balaban J connectivity index is 1.79. The number of carbonyl (C=O) groups excluding carboxylic acids is 2. The predicted octanol–water partition coefficient (Wildman–Crippen LogP) is 2.76. The maximum Gasteiger partial charge on any atom is 0.320 e. The molecule has 2 saturated heterocycles. The molecule has 0 aromatic carbocycles. The number of carbonyl (C=O) groups is 2. The van der Waals surface area contributed by atoms with Crippen LogP contribution in [0.25, 0.3) is 0 Å². The van der Waals surface area contributed by atoms with E-state index in [9.17, 15) is 24.9 Å². The molecule has 8 heteroatoms. The molecule has 4 aliphatic rings. The molecular formula is C29H47NO7. The summed E-state index contributed by atoms with van der Waals surface area (Å²) >= 11 is 0. The van der Waals surface area contributed by atoms with Gasteiger partial charge in [0.2, 0.25) is 0 Å². The van der Waals surface area contributed by atoms with E-state index in [2.05, 4.69) is 25.3 Å². The van der Waals surface area contributed by atoms with Gasteiger partial charge in [-0.15, -0.1) is 6.58 Å². The first-order valence-corrected chi connectivity index (χ1v) is 13.9. The zero-order valence-corrected chi connectivity index (χ0v) is 23.6. The molecule has 0 aromatic rings. The van der Waals surface area contributed by atoms with Gasteiger partial charge in [0.1, 0.15) is 17.8 Å². The molecule has 8 nitrogen and oxygen atoms in total. The number of likely N-dealkylation sites (tertiary alicyclic amines) is 1. The normalized spacial score (nSPS) is 50.1. The van der Waals surface area contributed by atoms with Crippen molar-refractivity contribution in [3.8, 4) is 0 Å². The fourth-order valence-electron chi connectivity index (χ4n) is 8.53. The van der Waals surface area contributed by atoms with Crippen LogP contribution in [0.2, 0.25) is 0 Å². The van der Waals surface area contributed by atoms with Crippen molar-refractivity contribution >= 4 is 11.8 Å². The van der Waals surface area contributed by atoms with Gasteiger partial charge in [-0.2, -0.15) is 0 Å². The lowest BCUT2D eigenvalue weighted by Gasteiger charge is -2.71. The third kappa shape index (κ3) is 3.96. The number of esters is 1. The van der Waals surface area contributed by atoms with E-state index in [0.29, 0.717) is 12.8 Å². The number of fused-ring (bicyclic) bond motifs is 3. The molecule has 37 heavy (non-hydrogen) atoms. The monoisotopic (exact) mass is 521 g/mol. The van der Waals surface area contributed by atoms with E-state index < -0.39 is 63.6 Å². The summed E-state index contributed by atoms with van der Waals surface area (Å²) in [7, 11) is 0. The van der Waals surface area contributed by atoms with E-state index in [1.54, 1.807) is 13.8 Å². The summed E-state index contributed by atoms with van der Waals surface area (Å²) in [5.74, 6) is -1.67. The molecule has 0 aromatic heterocycles. The first kappa shape index (κ1) is 28.7. The minimum atomic E-state index is -2.21. The SMILES string of the molecule is C=C[C@@]1(C)CC(=O)[C@]2(O)C3(C)C(C(OC(=O)CN4C(C)CCCC4C)C(O)[C@@]2(C)O1)C(C)(C)CC[C@@H]3O. The summed E-state index contributed by atoms with van der Waals surface area (Å²) < 4.78 is 12.5. The number of piperidine rings is 1. The second-order valence-corrected chi connectivity index (χ2v) is 13.5. The fourth-order valence-corrected chi connectivity index (χ4v) is 8.53. The lowest BCUT2D eigenvalue weighted by molar-refractivity contribution is -0.370.